The lowest BCUT2D eigenvalue weighted by molar-refractivity contribution is 0.669. The first kappa shape index (κ1) is 15.9. The molecule has 5 rings (SSSR count). The second-order valence-electron chi connectivity index (χ2n) is 6.09. The van der Waals surface area contributed by atoms with Crippen molar-refractivity contribution >= 4 is 38.6 Å². The predicted octanol–water partition coefficient (Wildman–Crippen LogP) is 4.53. The van der Waals surface area contributed by atoms with Gasteiger partial charge in [-0.2, -0.15) is 0 Å². The molecule has 1 aliphatic rings. The van der Waals surface area contributed by atoms with E-state index in [4.69, 9.17) is 0 Å². The number of halogens is 1. The fourth-order valence-corrected chi connectivity index (χ4v) is 4.20. The quantitative estimate of drug-likeness (QED) is 0.448. The van der Waals surface area contributed by atoms with Gasteiger partial charge in [0.2, 0.25) is 0 Å². The van der Waals surface area contributed by atoms with Crippen LogP contribution in [0.3, 0.4) is 0 Å². The smallest absolute Gasteiger partial charge is 0.198 e. The molecular weight excluding hydrogens is 412 g/mol. The highest BCUT2D eigenvalue weighted by molar-refractivity contribution is 9.10. The summed E-state index contributed by atoms with van der Waals surface area (Å²) in [7, 11) is 0. The van der Waals surface area contributed by atoms with Crippen molar-refractivity contribution in [2.75, 3.05) is 0 Å². The van der Waals surface area contributed by atoms with Gasteiger partial charge < -0.3 is 0 Å². The summed E-state index contributed by atoms with van der Waals surface area (Å²) in [5.41, 5.74) is 1.89. The van der Waals surface area contributed by atoms with Crippen LogP contribution >= 0.6 is 27.7 Å². The van der Waals surface area contributed by atoms with E-state index >= 15 is 0 Å². The number of hydrogen-bond donors (Lipinski definition) is 0. The van der Waals surface area contributed by atoms with Gasteiger partial charge in [0.25, 0.3) is 0 Å². The molecule has 4 aromatic rings. The molecule has 1 aliphatic carbocycles. The van der Waals surface area contributed by atoms with E-state index < -0.39 is 0 Å². The molecule has 8 heteroatoms. The van der Waals surface area contributed by atoms with E-state index in [1.807, 2.05) is 36.5 Å². The van der Waals surface area contributed by atoms with E-state index in [0.717, 1.165) is 49.8 Å². The van der Waals surface area contributed by atoms with Gasteiger partial charge in [-0.3, -0.25) is 9.55 Å². The van der Waals surface area contributed by atoms with Gasteiger partial charge in [0, 0.05) is 33.9 Å². The SMILES string of the molecule is Brc1ccc2ncnc(Sc3nnc(-c4cccnc4)n3C3CC3)c2c1. The Balaban J connectivity index is 1.60. The average Bonchev–Trinajstić information content (AvgIpc) is 3.43. The Morgan fingerprint density at radius 2 is 2.04 bits per heavy atom. The summed E-state index contributed by atoms with van der Waals surface area (Å²) in [6.45, 7) is 0. The number of benzene rings is 1. The molecule has 0 unspecified atom stereocenters. The minimum Gasteiger partial charge on any atom is -0.299 e. The molecule has 0 N–H and O–H groups in total. The lowest BCUT2D eigenvalue weighted by Gasteiger charge is -2.09. The summed E-state index contributed by atoms with van der Waals surface area (Å²) in [5.74, 6) is 0.864. The van der Waals surface area contributed by atoms with Crippen molar-refractivity contribution in [3.8, 4) is 11.4 Å². The van der Waals surface area contributed by atoms with E-state index in [1.54, 1.807) is 12.5 Å². The molecule has 3 heterocycles. The lowest BCUT2D eigenvalue weighted by Crippen LogP contribution is -2.00. The number of aromatic nitrogens is 6. The molecule has 0 spiro atoms. The zero-order valence-electron chi connectivity index (χ0n) is 13.6. The Morgan fingerprint density at radius 3 is 2.85 bits per heavy atom. The summed E-state index contributed by atoms with van der Waals surface area (Å²) in [6, 6.07) is 10.4. The second-order valence-corrected chi connectivity index (χ2v) is 7.96. The Bertz CT molecular complexity index is 1090. The summed E-state index contributed by atoms with van der Waals surface area (Å²) < 4.78 is 3.22. The summed E-state index contributed by atoms with van der Waals surface area (Å²) in [5, 5.41) is 11.6. The summed E-state index contributed by atoms with van der Waals surface area (Å²) in [4.78, 5) is 13.0. The molecule has 26 heavy (non-hydrogen) atoms. The third kappa shape index (κ3) is 2.89. The van der Waals surface area contributed by atoms with Crippen LogP contribution in [0.15, 0.2) is 63.7 Å². The minimum atomic E-state index is 0.447. The molecule has 0 atom stereocenters. The Hall–Kier alpha value is -2.32. The standard InChI is InChI=1S/C18H13BrN6S/c19-12-3-6-15-14(8-12)17(22-10-21-15)26-18-24-23-16(25(18)13-4-5-13)11-2-1-7-20-9-11/h1-3,6-10,13H,4-5H2. The Morgan fingerprint density at radius 1 is 1.12 bits per heavy atom. The molecule has 3 aromatic heterocycles. The van der Waals surface area contributed by atoms with Crippen LogP contribution in [0.25, 0.3) is 22.3 Å². The van der Waals surface area contributed by atoms with Crippen LogP contribution in [0, 0.1) is 0 Å². The highest BCUT2D eigenvalue weighted by Crippen LogP contribution is 2.42. The molecule has 0 bridgehead atoms. The fourth-order valence-electron chi connectivity index (χ4n) is 2.87. The minimum absolute atomic E-state index is 0.447. The summed E-state index contributed by atoms with van der Waals surface area (Å²) >= 11 is 5.06. The number of hydrogen-bond acceptors (Lipinski definition) is 6. The van der Waals surface area contributed by atoms with E-state index in [9.17, 15) is 0 Å². The maximum Gasteiger partial charge on any atom is 0.198 e. The first-order valence-electron chi connectivity index (χ1n) is 8.23. The van der Waals surface area contributed by atoms with Crippen molar-refractivity contribution in [1.29, 1.82) is 0 Å². The molecule has 6 nitrogen and oxygen atoms in total. The van der Waals surface area contributed by atoms with Gasteiger partial charge in [0.05, 0.1) is 5.52 Å². The number of rotatable bonds is 4. The van der Waals surface area contributed by atoms with Gasteiger partial charge in [-0.25, -0.2) is 9.97 Å². The maximum atomic E-state index is 4.48. The highest BCUT2D eigenvalue weighted by Gasteiger charge is 2.30. The molecule has 128 valence electrons. The van der Waals surface area contributed by atoms with Gasteiger partial charge in [-0.05, 0) is 54.9 Å². The van der Waals surface area contributed by atoms with Crippen molar-refractivity contribution in [2.24, 2.45) is 0 Å². The van der Waals surface area contributed by atoms with E-state index in [-0.39, 0.29) is 0 Å². The topological polar surface area (TPSA) is 69.4 Å². The molecule has 0 radical (unpaired) electrons. The average molecular weight is 425 g/mol. The summed E-state index contributed by atoms with van der Waals surface area (Å²) in [6.07, 6.45) is 7.48. The predicted molar refractivity (Wildman–Crippen MR) is 103 cm³/mol. The fraction of sp³-hybridized carbons (Fsp3) is 0.167. The Labute approximate surface area is 162 Å². The van der Waals surface area contributed by atoms with E-state index in [1.165, 1.54) is 11.8 Å². The second kappa shape index (κ2) is 6.44. The number of fused-ring (bicyclic) bond motifs is 1. The molecule has 1 fully saturated rings. The molecule has 1 saturated carbocycles. The normalized spacial score (nSPS) is 14.0. The van der Waals surface area contributed by atoms with Gasteiger partial charge in [-0.15, -0.1) is 10.2 Å². The van der Waals surface area contributed by atoms with Crippen molar-refractivity contribution in [2.45, 2.75) is 29.1 Å². The first-order chi connectivity index (χ1) is 12.8. The van der Waals surface area contributed by atoms with Crippen LogP contribution in [-0.4, -0.2) is 29.7 Å². The van der Waals surface area contributed by atoms with Crippen LogP contribution in [0.5, 0.6) is 0 Å². The van der Waals surface area contributed by atoms with Gasteiger partial charge in [0.15, 0.2) is 11.0 Å². The van der Waals surface area contributed by atoms with E-state index in [2.05, 4.69) is 45.6 Å². The molecular formula is C18H13BrN6S. The molecule has 0 aliphatic heterocycles. The van der Waals surface area contributed by atoms with Crippen molar-refractivity contribution in [3.05, 3.63) is 53.5 Å². The largest absolute Gasteiger partial charge is 0.299 e. The molecule has 0 amide bonds. The van der Waals surface area contributed by atoms with Gasteiger partial charge in [0.1, 0.15) is 11.4 Å². The van der Waals surface area contributed by atoms with Crippen molar-refractivity contribution in [3.63, 3.8) is 0 Å². The monoisotopic (exact) mass is 424 g/mol. The van der Waals surface area contributed by atoms with Crippen LogP contribution in [0.4, 0.5) is 0 Å². The maximum absolute atomic E-state index is 4.48. The third-order valence-electron chi connectivity index (χ3n) is 4.25. The lowest BCUT2D eigenvalue weighted by atomic mass is 10.2. The van der Waals surface area contributed by atoms with Gasteiger partial charge in [-0.1, -0.05) is 15.9 Å². The van der Waals surface area contributed by atoms with Gasteiger partial charge >= 0.3 is 0 Å². The zero-order chi connectivity index (χ0) is 17.5. The van der Waals surface area contributed by atoms with Crippen LogP contribution < -0.4 is 0 Å². The Kier molecular flexibility index (Phi) is 3.94. The molecule has 0 saturated heterocycles. The number of nitrogens with zero attached hydrogens (tertiary/aromatic N) is 6. The van der Waals surface area contributed by atoms with Crippen LogP contribution in [0.2, 0.25) is 0 Å². The highest BCUT2D eigenvalue weighted by atomic mass is 79.9. The first-order valence-corrected chi connectivity index (χ1v) is 9.84. The zero-order valence-corrected chi connectivity index (χ0v) is 16.0. The van der Waals surface area contributed by atoms with Crippen LogP contribution in [-0.2, 0) is 0 Å². The van der Waals surface area contributed by atoms with Crippen molar-refractivity contribution in [1.82, 2.24) is 29.7 Å². The molecule has 1 aromatic carbocycles. The van der Waals surface area contributed by atoms with Crippen LogP contribution in [0.1, 0.15) is 18.9 Å². The van der Waals surface area contributed by atoms with E-state index in [0.29, 0.717) is 6.04 Å². The number of pyridine rings is 1. The van der Waals surface area contributed by atoms with Crippen molar-refractivity contribution < 1.29 is 0 Å². The third-order valence-corrected chi connectivity index (χ3v) is 5.72.